The van der Waals surface area contributed by atoms with E-state index in [4.69, 9.17) is 14.2 Å². The van der Waals surface area contributed by atoms with Crippen LogP contribution < -0.4 is 0 Å². The second-order valence-corrected chi connectivity index (χ2v) is 24.1. The molecule has 0 aliphatic rings. The molecule has 0 radical (unpaired) electrons. The van der Waals surface area contributed by atoms with Crippen LogP contribution in [0.3, 0.4) is 0 Å². The van der Waals surface area contributed by atoms with Crippen LogP contribution in [-0.2, 0) is 28.6 Å². The lowest BCUT2D eigenvalue weighted by Gasteiger charge is -2.18. The quantitative estimate of drug-likeness (QED) is 0.0261. The molecule has 0 aliphatic carbocycles. The Bertz CT molecular complexity index is 1500. The minimum Gasteiger partial charge on any atom is -0.462 e. The van der Waals surface area contributed by atoms with E-state index in [2.05, 4.69) is 93.7 Å². The molecule has 0 N–H and O–H groups in total. The molecular weight excluding hydrogens is 1010 g/mol. The van der Waals surface area contributed by atoms with Gasteiger partial charge in [-0.25, -0.2) is 0 Å². The van der Waals surface area contributed by atoms with E-state index in [-0.39, 0.29) is 31.1 Å². The van der Waals surface area contributed by atoms with Gasteiger partial charge in [-0.1, -0.05) is 312 Å². The zero-order valence-electron chi connectivity index (χ0n) is 54.8. The van der Waals surface area contributed by atoms with Gasteiger partial charge in [0.2, 0.25) is 0 Å². The molecule has 1 unspecified atom stereocenters. The normalized spacial score (nSPS) is 12.5. The average Bonchev–Trinajstić information content (AvgIpc) is 3.47. The van der Waals surface area contributed by atoms with Gasteiger partial charge in [0.1, 0.15) is 13.2 Å². The van der Waals surface area contributed by atoms with Crippen molar-refractivity contribution in [2.24, 2.45) is 0 Å². The highest BCUT2D eigenvalue weighted by Gasteiger charge is 2.19. The van der Waals surface area contributed by atoms with Crippen LogP contribution in [-0.4, -0.2) is 37.2 Å². The number of rotatable bonds is 66. The highest BCUT2D eigenvalue weighted by atomic mass is 16.6. The second-order valence-electron chi connectivity index (χ2n) is 24.1. The Balaban J connectivity index is 4.22. The van der Waals surface area contributed by atoms with Gasteiger partial charge in [0.05, 0.1) is 0 Å². The van der Waals surface area contributed by atoms with Crippen LogP contribution in [0.2, 0.25) is 0 Å². The van der Waals surface area contributed by atoms with Gasteiger partial charge in [-0.15, -0.1) is 0 Å². The molecule has 82 heavy (non-hydrogen) atoms. The monoisotopic (exact) mass is 1150 g/mol. The highest BCUT2D eigenvalue weighted by Crippen LogP contribution is 2.18. The number of hydrogen-bond donors (Lipinski definition) is 0. The van der Waals surface area contributed by atoms with E-state index < -0.39 is 6.10 Å². The SMILES string of the molecule is CCCCC/C=C\C/C=C\C/C=C\CCCCCCCCC(=O)OC(COC(=O)CCCCCCC/C=C\CCCCCCC)COC(=O)CCCCCCCCCCCCCCCCCCCCC/C=C\C/C=C\CCCCCCC. The standard InChI is InChI=1S/C76H136O6/c1-4-7-10-13-16-19-22-25-28-30-32-33-34-35-36-37-38-39-40-41-42-43-45-46-48-51-54-57-60-63-66-69-75(78)81-72-73(71-80-74(77)68-65-62-59-56-53-50-27-24-21-18-15-12-9-6-3)82-76(79)70-67-64-61-58-55-52-49-47-44-31-29-26-23-20-17-14-11-8-5-2/h17,20,22,24-27,29-30,32,44,47,73H,4-16,18-19,21,23,28,31,33-43,45-46,48-72H2,1-3H3/b20-17-,25-22-,27-24-,29-26-,32-30-,47-44-. The molecule has 6 heteroatoms. The number of allylic oxidation sites excluding steroid dienone is 12. The maximum absolute atomic E-state index is 12.9. The molecule has 0 aromatic heterocycles. The van der Waals surface area contributed by atoms with Gasteiger partial charge < -0.3 is 14.2 Å². The number of hydrogen-bond acceptors (Lipinski definition) is 6. The molecule has 0 bridgehead atoms. The van der Waals surface area contributed by atoms with Crippen LogP contribution in [0.4, 0.5) is 0 Å². The van der Waals surface area contributed by atoms with Gasteiger partial charge in [-0.3, -0.25) is 14.4 Å². The third-order valence-electron chi connectivity index (χ3n) is 15.9. The van der Waals surface area contributed by atoms with Crippen molar-refractivity contribution in [2.45, 2.75) is 380 Å². The summed E-state index contributed by atoms with van der Waals surface area (Å²) >= 11 is 0. The smallest absolute Gasteiger partial charge is 0.306 e. The van der Waals surface area contributed by atoms with Crippen molar-refractivity contribution in [3.05, 3.63) is 72.9 Å². The van der Waals surface area contributed by atoms with Crippen molar-refractivity contribution in [3.63, 3.8) is 0 Å². The fraction of sp³-hybridized carbons (Fsp3) is 0.803. The summed E-state index contributed by atoms with van der Waals surface area (Å²) in [4.78, 5) is 38.4. The Morgan fingerprint density at radius 1 is 0.244 bits per heavy atom. The molecule has 0 rings (SSSR count). The number of carbonyl (C=O) groups excluding carboxylic acids is 3. The fourth-order valence-corrected chi connectivity index (χ4v) is 10.5. The van der Waals surface area contributed by atoms with E-state index in [0.29, 0.717) is 19.3 Å². The predicted molar refractivity (Wildman–Crippen MR) is 358 cm³/mol. The van der Waals surface area contributed by atoms with E-state index in [1.165, 1.54) is 238 Å². The first kappa shape index (κ1) is 78.8. The first-order valence-corrected chi connectivity index (χ1v) is 35.9. The van der Waals surface area contributed by atoms with Crippen molar-refractivity contribution in [2.75, 3.05) is 13.2 Å². The van der Waals surface area contributed by atoms with Crippen molar-refractivity contribution < 1.29 is 28.6 Å². The van der Waals surface area contributed by atoms with Gasteiger partial charge in [-0.2, -0.15) is 0 Å². The predicted octanol–water partition coefficient (Wildman–Crippen LogP) is 24.8. The molecule has 0 aliphatic heterocycles. The summed E-state index contributed by atoms with van der Waals surface area (Å²) in [6.45, 7) is 6.62. The Kier molecular flexibility index (Phi) is 67.6. The second kappa shape index (κ2) is 70.3. The first-order chi connectivity index (χ1) is 40.5. The molecule has 0 heterocycles. The maximum Gasteiger partial charge on any atom is 0.306 e. The molecule has 0 saturated carbocycles. The summed E-state index contributed by atoms with van der Waals surface area (Å²) in [5, 5.41) is 0. The van der Waals surface area contributed by atoms with Crippen molar-refractivity contribution >= 4 is 17.9 Å². The van der Waals surface area contributed by atoms with Crippen LogP contribution >= 0.6 is 0 Å². The Labute approximate surface area is 510 Å². The number of unbranched alkanes of at least 4 members (excludes halogenated alkanes) is 43. The maximum atomic E-state index is 12.9. The minimum absolute atomic E-state index is 0.0801. The van der Waals surface area contributed by atoms with Crippen LogP contribution in [0.15, 0.2) is 72.9 Å². The van der Waals surface area contributed by atoms with E-state index in [9.17, 15) is 14.4 Å². The third kappa shape index (κ3) is 67.6. The largest absolute Gasteiger partial charge is 0.462 e. The lowest BCUT2D eigenvalue weighted by Crippen LogP contribution is -2.30. The third-order valence-corrected chi connectivity index (χ3v) is 15.9. The minimum atomic E-state index is -0.786. The molecule has 1 atom stereocenters. The lowest BCUT2D eigenvalue weighted by atomic mass is 10.0. The van der Waals surface area contributed by atoms with Crippen molar-refractivity contribution in [3.8, 4) is 0 Å². The zero-order chi connectivity index (χ0) is 59.2. The zero-order valence-corrected chi connectivity index (χ0v) is 54.8. The summed E-state index contributed by atoms with van der Waals surface area (Å²) in [5.41, 5.74) is 0. The summed E-state index contributed by atoms with van der Waals surface area (Å²) < 4.78 is 17.0. The Morgan fingerprint density at radius 2 is 0.439 bits per heavy atom. The van der Waals surface area contributed by atoms with Crippen molar-refractivity contribution in [1.29, 1.82) is 0 Å². The lowest BCUT2D eigenvalue weighted by molar-refractivity contribution is -0.167. The molecule has 0 amide bonds. The summed E-state index contributed by atoms with van der Waals surface area (Å²) in [6.07, 6.45) is 92.2. The summed E-state index contributed by atoms with van der Waals surface area (Å²) in [6, 6.07) is 0. The fourth-order valence-electron chi connectivity index (χ4n) is 10.5. The molecule has 6 nitrogen and oxygen atoms in total. The highest BCUT2D eigenvalue weighted by molar-refractivity contribution is 5.71. The topological polar surface area (TPSA) is 78.9 Å². The van der Waals surface area contributed by atoms with E-state index >= 15 is 0 Å². The molecule has 0 spiro atoms. The van der Waals surface area contributed by atoms with Crippen LogP contribution in [0, 0.1) is 0 Å². The van der Waals surface area contributed by atoms with Crippen LogP contribution in [0.5, 0.6) is 0 Å². The van der Waals surface area contributed by atoms with Crippen molar-refractivity contribution in [1.82, 2.24) is 0 Å². The van der Waals surface area contributed by atoms with Gasteiger partial charge in [0, 0.05) is 19.3 Å². The molecule has 0 saturated heterocycles. The molecule has 476 valence electrons. The van der Waals surface area contributed by atoms with Crippen LogP contribution in [0.1, 0.15) is 374 Å². The molecule has 0 fully saturated rings. The molecular formula is C76H136O6. The first-order valence-electron chi connectivity index (χ1n) is 35.9. The van der Waals surface area contributed by atoms with Gasteiger partial charge in [0.25, 0.3) is 0 Å². The van der Waals surface area contributed by atoms with E-state index in [0.717, 1.165) is 96.3 Å². The molecule has 0 aromatic rings. The Hall–Kier alpha value is -3.15. The average molecular weight is 1150 g/mol. The van der Waals surface area contributed by atoms with E-state index in [1.807, 2.05) is 0 Å². The number of carbonyl (C=O) groups is 3. The molecule has 0 aromatic carbocycles. The Morgan fingerprint density at radius 3 is 0.720 bits per heavy atom. The van der Waals surface area contributed by atoms with Gasteiger partial charge in [0.15, 0.2) is 6.10 Å². The van der Waals surface area contributed by atoms with E-state index in [1.54, 1.807) is 0 Å². The van der Waals surface area contributed by atoms with Crippen LogP contribution in [0.25, 0.3) is 0 Å². The number of ether oxygens (including phenoxy) is 3. The van der Waals surface area contributed by atoms with Gasteiger partial charge in [-0.05, 0) is 116 Å². The van der Waals surface area contributed by atoms with Gasteiger partial charge >= 0.3 is 17.9 Å². The summed E-state index contributed by atoms with van der Waals surface area (Å²) in [7, 11) is 0. The number of esters is 3. The summed E-state index contributed by atoms with van der Waals surface area (Å²) in [5.74, 6) is -0.882.